The van der Waals surface area contributed by atoms with Crippen molar-refractivity contribution in [1.29, 1.82) is 0 Å². The average Bonchev–Trinajstić information content (AvgIpc) is 3.38. The number of nitrogens with zero attached hydrogens (tertiary/aromatic N) is 2. The number of carbonyl (C=O) groups is 2. The second-order valence-electron chi connectivity index (χ2n) is 6.39. The lowest BCUT2D eigenvalue weighted by Gasteiger charge is -2.11. The first kappa shape index (κ1) is 19.0. The highest BCUT2D eigenvalue weighted by Crippen LogP contribution is 2.19. The Morgan fingerprint density at radius 2 is 1.30 bits per heavy atom. The van der Waals surface area contributed by atoms with Crippen LogP contribution in [0.1, 0.15) is 0 Å². The molecule has 30 heavy (non-hydrogen) atoms. The van der Waals surface area contributed by atoms with Gasteiger partial charge < -0.3 is 20.1 Å². The second kappa shape index (κ2) is 8.35. The fraction of sp³-hybridized carbons (Fsp3) is 0.100. The molecule has 2 aromatic carbocycles. The molecule has 2 aromatic heterocycles. The third kappa shape index (κ3) is 4.55. The summed E-state index contributed by atoms with van der Waals surface area (Å²) in [5, 5.41) is 20.3. The minimum Gasteiger partial charge on any atom is -0.484 e. The Morgan fingerprint density at radius 3 is 1.77 bits per heavy atom. The molecule has 4 N–H and O–H groups in total. The predicted octanol–water partition coefficient (Wildman–Crippen LogP) is 1.60. The normalized spacial score (nSPS) is 10.7. The van der Waals surface area contributed by atoms with E-state index in [1.165, 1.54) is 0 Å². The smallest absolute Gasteiger partial charge is 0.263 e. The molecule has 0 aliphatic rings. The van der Waals surface area contributed by atoms with Crippen LogP contribution in [0.5, 0.6) is 11.5 Å². The molecule has 10 nitrogen and oxygen atoms in total. The van der Waals surface area contributed by atoms with Gasteiger partial charge in [-0.05, 0) is 24.3 Å². The van der Waals surface area contributed by atoms with E-state index in [0.717, 1.165) is 21.8 Å². The van der Waals surface area contributed by atoms with Crippen molar-refractivity contribution in [2.75, 3.05) is 13.2 Å². The van der Waals surface area contributed by atoms with Crippen LogP contribution in [0, 0.1) is 0 Å². The summed E-state index contributed by atoms with van der Waals surface area (Å²) in [4.78, 5) is 24.0. The van der Waals surface area contributed by atoms with Crippen molar-refractivity contribution in [2.24, 2.45) is 0 Å². The molecule has 2 heterocycles. The van der Waals surface area contributed by atoms with Gasteiger partial charge in [0.15, 0.2) is 13.2 Å². The van der Waals surface area contributed by atoms with E-state index in [2.05, 4.69) is 37.6 Å². The maximum atomic E-state index is 12.0. The number of H-pyrrole nitrogens is 2. The zero-order valence-electron chi connectivity index (χ0n) is 15.8. The van der Waals surface area contributed by atoms with Gasteiger partial charge in [0, 0.05) is 22.9 Å². The van der Waals surface area contributed by atoms with Gasteiger partial charge in [0.2, 0.25) is 0 Å². The number of benzene rings is 2. The van der Waals surface area contributed by atoms with Crippen LogP contribution in [0.15, 0.2) is 61.2 Å². The molecule has 0 radical (unpaired) electrons. The van der Waals surface area contributed by atoms with E-state index in [1.807, 2.05) is 12.1 Å². The van der Waals surface area contributed by atoms with Crippen LogP contribution in [0.25, 0.3) is 21.8 Å². The van der Waals surface area contributed by atoms with Crippen LogP contribution in [0.3, 0.4) is 0 Å². The Bertz CT molecular complexity index is 1130. The molecule has 0 saturated heterocycles. The summed E-state index contributed by atoms with van der Waals surface area (Å²) < 4.78 is 10.9. The van der Waals surface area contributed by atoms with Crippen molar-refractivity contribution >= 4 is 33.6 Å². The number of fused-ring (bicyclic) bond motifs is 2. The minimum absolute atomic E-state index is 0.0326. The van der Waals surface area contributed by atoms with Gasteiger partial charge in [0.1, 0.15) is 17.3 Å². The third-order valence-electron chi connectivity index (χ3n) is 4.15. The largest absolute Gasteiger partial charge is 0.484 e. The molecule has 0 spiro atoms. The highest BCUT2D eigenvalue weighted by atomic mass is 16.5. The Balaban J connectivity index is 1.20. The summed E-state index contributed by atoms with van der Waals surface area (Å²) in [6, 6.07) is 10.6. The monoisotopic (exact) mass is 406 g/mol. The Morgan fingerprint density at radius 1 is 0.833 bits per heavy atom. The maximum absolute atomic E-state index is 12.0. The van der Waals surface area contributed by atoms with E-state index in [4.69, 9.17) is 9.47 Å². The predicted molar refractivity (Wildman–Crippen MR) is 109 cm³/mol. The second-order valence-corrected chi connectivity index (χ2v) is 6.39. The zero-order chi connectivity index (χ0) is 20.9. The number of amides is 2. The molecule has 10 heteroatoms. The molecule has 2 amide bonds. The number of aromatic amines is 2. The number of rotatable bonds is 8. The van der Waals surface area contributed by atoms with Gasteiger partial charge in [-0.25, -0.2) is 0 Å². The lowest BCUT2D eigenvalue weighted by Crippen LogP contribution is -2.38. The van der Waals surface area contributed by atoms with Crippen LogP contribution >= 0.6 is 0 Å². The molecule has 0 aliphatic carbocycles. The first-order chi connectivity index (χ1) is 14.6. The van der Waals surface area contributed by atoms with E-state index >= 15 is 0 Å². The standard InChI is InChI=1S/C20H18N6O4/c1-12(23-19(27)10-29-15-4-2-13-8-21-25-17(13)6-15)24-20(28)11-30-16-5-3-14-9-22-26-18(14)7-16/h2-9H,1,10-11H2,(H,21,25)(H,22,26)(H,23,27)(H,24,28). The van der Waals surface area contributed by atoms with E-state index in [0.29, 0.717) is 11.5 Å². The van der Waals surface area contributed by atoms with Crippen molar-refractivity contribution in [3.63, 3.8) is 0 Å². The number of nitrogens with one attached hydrogen (secondary N) is 4. The lowest BCUT2D eigenvalue weighted by molar-refractivity contribution is -0.123. The molecule has 0 saturated carbocycles. The van der Waals surface area contributed by atoms with Crippen molar-refractivity contribution in [2.45, 2.75) is 0 Å². The van der Waals surface area contributed by atoms with Crippen molar-refractivity contribution in [1.82, 2.24) is 31.0 Å². The average molecular weight is 406 g/mol. The summed E-state index contributed by atoms with van der Waals surface area (Å²) >= 11 is 0. The van der Waals surface area contributed by atoms with Crippen LogP contribution in [-0.2, 0) is 9.59 Å². The van der Waals surface area contributed by atoms with Gasteiger partial charge in [-0.2, -0.15) is 10.2 Å². The van der Waals surface area contributed by atoms with Gasteiger partial charge in [0.25, 0.3) is 11.8 Å². The first-order valence-corrected chi connectivity index (χ1v) is 8.97. The van der Waals surface area contributed by atoms with Crippen LogP contribution in [0.4, 0.5) is 0 Å². The number of carbonyl (C=O) groups excluding carboxylic acids is 2. The van der Waals surface area contributed by atoms with Gasteiger partial charge in [-0.3, -0.25) is 19.8 Å². The molecular formula is C20H18N6O4. The highest BCUT2D eigenvalue weighted by molar-refractivity contribution is 5.84. The first-order valence-electron chi connectivity index (χ1n) is 8.97. The third-order valence-corrected chi connectivity index (χ3v) is 4.15. The number of ether oxygens (including phenoxy) is 2. The van der Waals surface area contributed by atoms with Gasteiger partial charge in [-0.15, -0.1) is 0 Å². The minimum atomic E-state index is -0.462. The van der Waals surface area contributed by atoms with Crippen LogP contribution < -0.4 is 20.1 Å². The van der Waals surface area contributed by atoms with Crippen molar-refractivity contribution < 1.29 is 19.1 Å². The van der Waals surface area contributed by atoms with Gasteiger partial charge in [-0.1, -0.05) is 6.58 Å². The fourth-order valence-corrected chi connectivity index (χ4v) is 2.75. The lowest BCUT2D eigenvalue weighted by atomic mass is 10.2. The number of aromatic nitrogens is 4. The summed E-state index contributed by atoms with van der Waals surface area (Å²) in [5.41, 5.74) is 1.60. The van der Waals surface area contributed by atoms with Gasteiger partial charge >= 0.3 is 0 Å². The molecular weight excluding hydrogens is 388 g/mol. The molecule has 4 aromatic rings. The number of hydrogen-bond acceptors (Lipinski definition) is 6. The van der Waals surface area contributed by atoms with Gasteiger partial charge in [0.05, 0.1) is 23.4 Å². The fourth-order valence-electron chi connectivity index (χ4n) is 2.75. The zero-order valence-corrected chi connectivity index (χ0v) is 15.8. The molecule has 152 valence electrons. The Labute approximate surface area is 170 Å². The topological polar surface area (TPSA) is 134 Å². The van der Waals surface area contributed by atoms with E-state index in [9.17, 15) is 9.59 Å². The number of hydrogen-bond donors (Lipinski definition) is 4. The van der Waals surface area contributed by atoms with Crippen molar-refractivity contribution in [3.8, 4) is 11.5 Å². The summed E-state index contributed by atoms with van der Waals surface area (Å²) in [6.07, 6.45) is 3.38. The molecule has 0 fully saturated rings. The Kier molecular flexibility index (Phi) is 5.29. The molecule has 4 rings (SSSR count). The highest BCUT2D eigenvalue weighted by Gasteiger charge is 2.09. The van der Waals surface area contributed by atoms with E-state index in [1.54, 1.807) is 36.7 Å². The summed E-state index contributed by atoms with van der Waals surface area (Å²) in [6.45, 7) is 3.13. The SMILES string of the molecule is C=C(NC(=O)COc1ccc2cn[nH]c2c1)NC(=O)COc1ccc2cn[nH]c2c1. The molecule has 0 bridgehead atoms. The summed E-state index contributed by atoms with van der Waals surface area (Å²) in [7, 11) is 0. The quantitative estimate of drug-likeness (QED) is 0.351. The van der Waals surface area contributed by atoms with Crippen molar-refractivity contribution in [3.05, 3.63) is 61.2 Å². The maximum Gasteiger partial charge on any atom is 0.263 e. The van der Waals surface area contributed by atoms with E-state index < -0.39 is 11.8 Å². The van der Waals surface area contributed by atoms with Crippen LogP contribution in [0.2, 0.25) is 0 Å². The molecule has 0 atom stereocenters. The summed E-state index contributed by atoms with van der Waals surface area (Å²) in [5.74, 6) is 0.134. The Hall–Kier alpha value is -4.34. The van der Waals surface area contributed by atoms with E-state index in [-0.39, 0.29) is 19.0 Å². The van der Waals surface area contributed by atoms with Crippen LogP contribution in [-0.4, -0.2) is 45.4 Å². The molecule has 0 unspecified atom stereocenters. The molecule has 0 aliphatic heterocycles.